The summed E-state index contributed by atoms with van der Waals surface area (Å²) in [6.07, 6.45) is 4.31. The predicted molar refractivity (Wildman–Crippen MR) is 249 cm³/mol. The van der Waals surface area contributed by atoms with Gasteiger partial charge in [-0.3, -0.25) is 9.59 Å². The Hall–Kier alpha value is -7.26. The number of H-pyrrole nitrogens is 2. The fraction of sp³-hybridized carbons (Fsp3) is 0.333. The number of likely N-dealkylation sites (tertiary alicyclic amines) is 2. The van der Waals surface area contributed by atoms with Gasteiger partial charge in [-0.2, -0.15) is 0 Å². The molecule has 1 aliphatic carbocycles. The number of hydrogen-bond acceptors (Lipinski definition) is 9. The van der Waals surface area contributed by atoms with Crippen LogP contribution in [0.1, 0.15) is 74.4 Å². The van der Waals surface area contributed by atoms with Gasteiger partial charge < -0.3 is 44.6 Å². The Bertz CT molecular complexity index is 2990. The van der Waals surface area contributed by atoms with Gasteiger partial charge in [0, 0.05) is 30.6 Å². The van der Waals surface area contributed by atoms with Crippen molar-refractivity contribution in [1.29, 1.82) is 0 Å². The summed E-state index contributed by atoms with van der Waals surface area (Å²) in [5.74, 6) is 1.31. The SMILES string of the molecule is COC(=O)N[C@H](C(=O)N1CCC[C@H]1c1nc2c(ccc3cc(-c4ccc5cc(-c6cnc([C@@H]7[C@H]8CC[C@H](C8)N7C(=O)[C@H](NC(=O)OC)c7ccccc7)[nH]6)ccc5c4)ccc32)[nH]1)[C@@H](C)OC. The third-order valence-electron chi connectivity index (χ3n) is 13.9. The van der Waals surface area contributed by atoms with Gasteiger partial charge in [0.05, 0.1) is 55.3 Å². The van der Waals surface area contributed by atoms with Crippen LogP contribution in [0.2, 0.25) is 0 Å². The molecule has 4 amide bonds. The number of piperidine rings is 1. The standard InChI is InChI=1S/C51H52N8O7/c1-28(64-2)42(56-50(62)65-3)48(60)58-22-8-11-41(58)46-53-39-21-18-34-24-33(17-20-38(34)44(39)55-46)30-12-13-32-25-35(15-14-31(32)23-30)40-27-52-47(54-40)45-36-16-19-37(26-36)59(45)49(61)43(57-51(63)66-4)29-9-6-5-7-10-29/h5-7,9-10,12-15,17-18,20-21,23-25,27-28,36-37,41-43,45H,8,11,16,19,22,26H2,1-4H3,(H,52,54)(H,53,55)(H,56,62)(H,57,63)/t28-,36+,37-,41+,42+,43-,45+/m1/s1. The van der Waals surface area contributed by atoms with Crippen molar-refractivity contribution in [3.63, 3.8) is 0 Å². The van der Waals surface area contributed by atoms with E-state index in [1.54, 1.807) is 11.8 Å². The molecule has 0 radical (unpaired) electrons. The number of carbonyl (C=O) groups is 4. The number of carbonyl (C=O) groups excluding carboxylic acids is 4. The van der Waals surface area contributed by atoms with Crippen LogP contribution in [0, 0.1) is 5.92 Å². The van der Waals surface area contributed by atoms with Crippen LogP contribution in [0.15, 0.2) is 103 Å². The molecule has 3 fully saturated rings. The van der Waals surface area contributed by atoms with Crippen LogP contribution >= 0.6 is 0 Å². The minimum Gasteiger partial charge on any atom is -0.453 e. The van der Waals surface area contributed by atoms with Crippen LogP contribution in [0.3, 0.4) is 0 Å². The van der Waals surface area contributed by atoms with Crippen LogP contribution in [0.5, 0.6) is 0 Å². The number of rotatable bonds is 11. The Balaban J connectivity index is 0.876. The van der Waals surface area contributed by atoms with Crippen LogP contribution in [-0.4, -0.2) is 99.8 Å². The molecule has 7 atom stereocenters. The van der Waals surface area contributed by atoms with Gasteiger partial charge in [0.1, 0.15) is 23.7 Å². The third kappa shape index (κ3) is 7.76. The molecule has 15 heteroatoms. The second-order valence-corrected chi connectivity index (χ2v) is 17.6. The molecule has 5 aromatic carbocycles. The number of methoxy groups -OCH3 is 3. The maximum absolute atomic E-state index is 14.4. The van der Waals surface area contributed by atoms with Crippen molar-refractivity contribution >= 4 is 56.6 Å². The number of nitrogens with one attached hydrogen (secondary N) is 4. The zero-order valence-corrected chi connectivity index (χ0v) is 37.2. The van der Waals surface area contributed by atoms with Crippen molar-refractivity contribution in [1.82, 2.24) is 40.4 Å². The molecule has 4 N–H and O–H groups in total. The summed E-state index contributed by atoms with van der Waals surface area (Å²) in [5, 5.41) is 9.66. The lowest BCUT2D eigenvalue weighted by atomic mass is 9.96. The van der Waals surface area contributed by atoms with Crippen molar-refractivity contribution in [3.05, 3.63) is 120 Å². The fourth-order valence-corrected chi connectivity index (χ4v) is 10.5. The average molecular weight is 889 g/mol. The van der Waals surface area contributed by atoms with E-state index < -0.39 is 30.4 Å². The number of aromatic amines is 2. The lowest BCUT2D eigenvalue weighted by molar-refractivity contribution is -0.138. The summed E-state index contributed by atoms with van der Waals surface area (Å²) in [6.45, 7) is 2.28. The van der Waals surface area contributed by atoms with E-state index in [-0.39, 0.29) is 35.9 Å². The summed E-state index contributed by atoms with van der Waals surface area (Å²) in [7, 11) is 4.07. The molecule has 3 aliphatic rings. The van der Waals surface area contributed by atoms with Crippen molar-refractivity contribution < 1.29 is 33.4 Å². The van der Waals surface area contributed by atoms with E-state index >= 15 is 0 Å². The van der Waals surface area contributed by atoms with E-state index in [1.807, 2.05) is 47.5 Å². The van der Waals surface area contributed by atoms with Gasteiger partial charge in [-0.25, -0.2) is 19.6 Å². The predicted octanol–water partition coefficient (Wildman–Crippen LogP) is 8.50. The molecule has 2 aromatic heterocycles. The highest BCUT2D eigenvalue weighted by molar-refractivity contribution is 6.06. The summed E-state index contributed by atoms with van der Waals surface area (Å²) < 4.78 is 15.1. The van der Waals surface area contributed by atoms with Gasteiger partial charge >= 0.3 is 12.2 Å². The monoisotopic (exact) mass is 888 g/mol. The highest BCUT2D eigenvalue weighted by Gasteiger charge is 2.51. The molecule has 10 rings (SSSR count). The first-order chi connectivity index (χ1) is 32.1. The molecule has 338 valence electrons. The van der Waals surface area contributed by atoms with Gasteiger partial charge in [0.25, 0.3) is 5.91 Å². The quantitative estimate of drug-likeness (QED) is 0.0989. The molecule has 66 heavy (non-hydrogen) atoms. The van der Waals surface area contributed by atoms with Crippen molar-refractivity contribution in [2.45, 2.75) is 75.3 Å². The fourth-order valence-electron chi connectivity index (χ4n) is 10.5. The number of nitrogens with zero attached hydrogens (tertiary/aromatic N) is 4. The van der Waals surface area contributed by atoms with Crippen molar-refractivity contribution in [2.24, 2.45) is 5.92 Å². The number of alkyl carbamates (subject to hydrolysis) is 2. The summed E-state index contributed by atoms with van der Waals surface area (Å²) in [6, 6.07) is 30.5. The Labute approximate surface area is 381 Å². The van der Waals surface area contributed by atoms with Gasteiger partial charge in [-0.1, -0.05) is 72.8 Å². The maximum atomic E-state index is 14.4. The Morgan fingerprint density at radius 1 is 0.742 bits per heavy atom. The van der Waals surface area contributed by atoms with Crippen LogP contribution in [0.4, 0.5) is 9.59 Å². The molecule has 0 spiro atoms. The van der Waals surface area contributed by atoms with E-state index in [1.165, 1.54) is 21.3 Å². The van der Waals surface area contributed by atoms with Gasteiger partial charge in [0.15, 0.2) is 0 Å². The summed E-state index contributed by atoms with van der Waals surface area (Å²) in [4.78, 5) is 73.5. The second-order valence-electron chi connectivity index (χ2n) is 17.6. The summed E-state index contributed by atoms with van der Waals surface area (Å²) >= 11 is 0. The lowest BCUT2D eigenvalue weighted by Gasteiger charge is -2.36. The molecule has 4 heterocycles. The minimum absolute atomic E-state index is 0.0687. The number of aromatic nitrogens is 4. The topological polar surface area (TPSA) is 184 Å². The Morgan fingerprint density at radius 3 is 2.20 bits per heavy atom. The van der Waals surface area contributed by atoms with Crippen LogP contribution < -0.4 is 10.6 Å². The Morgan fingerprint density at radius 2 is 1.44 bits per heavy atom. The van der Waals surface area contributed by atoms with Crippen molar-refractivity contribution in [2.75, 3.05) is 27.9 Å². The Kier molecular flexibility index (Phi) is 11.4. The van der Waals surface area contributed by atoms with E-state index in [2.05, 4.69) is 81.3 Å². The minimum atomic E-state index is -0.906. The molecule has 2 aliphatic heterocycles. The molecule has 1 saturated carbocycles. The number of ether oxygens (including phenoxy) is 3. The van der Waals surface area contributed by atoms with Crippen molar-refractivity contribution in [3.8, 4) is 22.4 Å². The van der Waals surface area contributed by atoms with E-state index in [0.717, 1.165) is 92.9 Å². The third-order valence-corrected chi connectivity index (χ3v) is 13.9. The van der Waals surface area contributed by atoms with Gasteiger partial charge in [-0.05, 0) is 102 Å². The number of fused-ring (bicyclic) bond motifs is 6. The highest BCUT2D eigenvalue weighted by Crippen LogP contribution is 2.51. The zero-order valence-electron chi connectivity index (χ0n) is 37.2. The molecule has 2 saturated heterocycles. The van der Waals surface area contributed by atoms with E-state index in [9.17, 15) is 19.2 Å². The number of imidazole rings is 2. The normalized spacial score (nSPS) is 20.4. The van der Waals surface area contributed by atoms with Crippen LogP contribution in [-0.2, 0) is 23.8 Å². The first kappa shape index (κ1) is 42.7. The lowest BCUT2D eigenvalue weighted by Crippen LogP contribution is -2.54. The molecule has 15 nitrogen and oxygen atoms in total. The first-order valence-electron chi connectivity index (χ1n) is 22.5. The molecule has 0 unspecified atom stereocenters. The number of benzene rings is 5. The van der Waals surface area contributed by atoms with Crippen LogP contribution in [0.25, 0.3) is 55.0 Å². The number of amides is 4. The largest absolute Gasteiger partial charge is 0.453 e. The molecule has 2 bridgehead atoms. The smallest absolute Gasteiger partial charge is 0.407 e. The first-order valence-corrected chi connectivity index (χ1v) is 22.5. The second kappa shape index (κ2) is 17.6. The van der Waals surface area contributed by atoms with Gasteiger partial charge in [0.2, 0.25) is 5.91 Å². The van der Waals surface area contributed by atoms with E-state index in [4.69, 9.17) is 24.2 Å². The van der Waals surface area contributed by atoms with E-state index in [0.29, 0.717) is 17.9 Å². The molecule has 7 aromatic rings. The van der Waals surface area contributed by atoms with Gasteiger partial charge in [-0.15, -0.1) is 0 Å². The number of hydrogen-bond donors (Lipinski definition) is 4. The average Bonchev–Trinajstić information content (AvgIpc) is 4.23. The zero-order chi connectivity index (χ0) is 45.6. The molecular weight excluding hydrogens is 837 g/mol. The molecular formula is C51H52N8O7. The maximum Gasteiger partial charge on any atom is 0.407 e. The highest BCUT2D eigenvalue weighted by atomic mass is 16.5. The summed E-state index contributed by atoms with van der Waals surface area (Å²) in [5.41, 5.74) is 6.44.